The molecule has 0 unspecified atom stereocenters. The summed E-state index contributed by atoms with van der Waals surface area (Å²) in [4.78, 5) is 4.93. The highest BCUT2D eigenvalue weighted by molar-refractivity contribution is 6.05. The number of rotatable bonds is 3. The van der Waals surface area contributed by atoms with Gasteiger partial charge in [-0.15, -0.1) is 0 Å². The third-order valence-corrected chi connectivity index (χ3v) is 8.77. The standard InChI is InChI=1S/C39H30N2/c1-39(2)32-16-9-10-18-34(32)41-37-26-30(29-22-20-28(21-23-29)27-12-5-3-6-13-27)24-25-35(37)40(31-14-7-4-8-15-31)36-19-11-17-33(39)38(36)41/h3-26H,1-2H3. The van der Waals surface area contributed by atoms with E-state index in [0.29, 0.717) is 0 Å². The van der Waals surface area contributed by atoms with Gasteiger partial charge in [-0.1, -0.05) is 123 Å². The van der Waals surface area contributed by atoms with Crippen molar-refractivity contribution in [3.05, 3.63) is 157 Å². The maximum Gasteiger partial charge on any atom is 0.0744 e. The molecule has 0 radical (unpaired) electrons. The van der Waals surface area contributed by atoms with Crippen molar-refractivity contribution in [2.24, 2.45) is 0 Å². The van der Waals surface area contributed by atoms with Gasteiger partial charge in [-0.2, -0.15) is 0 Å². The van der Waals surface area contributed by atoms with E-state index in [1.807, 2.05) is 0 Å². The van der Waals surface area contributed by atoms with Crippen LogP contribution in [0.5, 0.6) is 0 Å². The molecule has 0 spiro atoms. The minimum atomic E-state index is -0.122. The monoisotopic (exact) mass is 526 g/mol. The molecule has 6 aromatic rings. The van der Waals surface area contributed by atoms with Crippen LogP contribution in [0.3, 0.4) is 0 Å². The summed E-state index contributed by atoms with van der Waals surface area (Å²) in [5.41, 5.74) is 14.7. The normalized spacial score (nSPS) is 14.2. The first kappa shape index (κ1) is 23.8. The number of fused-ring (bicyclic) bond motifs is 4. The highest BCUT2D eigenvalue weighted by Gasteiger charge is 2.42. The molecular formula is C39H30N2. The van der Waals surface area contributed by atoms with Gasteiger partial charge in [0, 0.05) is 11.1 Å². The van der Waals surface area contributed by atoms with E-state index in [0.717, 1.165) is 0 Å². The van der Waals surface area contributed by atoms with Crippen molar-refractivity contribution in [1.29, 1.82) is 0 Å². The molecule has 0 aromatic heterocycles. The first-order valence-corrected chi connectivity index (χ1v) is 14.3. The topological polar surface area (TPSA) is 6.48 Å². The molecule has 196 valence electrons. The van der Waals surface area contributed by atoms with Gasteiger partial charge in [0.05, 0.1) is 28.4 Å². The summed E-state index contributed by atoms with van der Waals surface area (Å²) in [7, 11) is 0. The van der Waals surface area contributed by atoms with Crippen LogP contribution in [0.4, 0.5) is 34.1 Å². The van der Waals surface area contributed by atoms with Crippen molar-refractivity contribution in [1.82, 2.24) is 0 Å². The minimum absolute atomic E-state index is 0.122. The number of para-hydroxylation sites is 3. The zero-order valence-corrected chi connectivity index (χ0v) is 23.3. The highest BCUT2D eigenvalue weighted by atomic mass is 15.3. The molecular weight excluding hydrogens is 496 g/mol. The number of hydrogen-bond acceptors (Lipinski definition) is 2. The average molecular weight is 527 g/mol. The molecule has 0 bridgehead atoms. The van der Waals surface area contributed by atoms with Gasteiger partial charge in [-0.05, 0) is 69.8 Å². The lowest BCUT2D eigenvalue weighted by Crippen LogP contribution is -2.34. The molecule has 2 heterocycles. The Labute approximate surface area is 241 Å². The molecule has 0 saturated carbocycles. The third kappa shape index (κ3) is 3.57. The van der Waals surface area contributed by atoms with Gasteiger partial charge in [0.1, 0.15) is 0 Å². The van der Waals surface area contributed by atoms with Gasteiger partial charge < -0.3 is 9.80 Å². The molecule has 0 saturated heterocycles. The van der Waals surface area contributed by atoms with Crippen LogP contribution < -0.4 is 9.80 Å². The predicted octanol–water partition coefficient (Wildman–Crippen LogP) is 10.9. The van der Waals surface area contributed by atoms with E-state index >= 15 is 0 Å². The summed E-state index contributed by atoms with van der Waals surface area (Å²) in [5.74, 6) is 0. The Hall–Kier alpha value is -5.08. The highest BCUT2D eigenvalue weighted by Crippen LogP contribution is 2.61. The molecule has 0 atom stereocenters. The molecule has 8 rings (SSSR count). The Balaban J connectivity index is 1.35. The second kappa shape index (κ2) is 8.97. The maximum absolute atomic E-state index is 2.50. The average Bonchev–Trinajstić information content (AvgIpc) is 3.03. The molecule has 6 aromatic carbocycles. The first-order valence-electron chi connectivity index (χ1n) is 14.3. The molecule has 0 aliphatic carbocycles. The summed E-state index contributed by atoms with van der Waals surface area (Å²) in [6.45, 7) is 4.71. The van der Waals surface area contributed by atoms with Crippen molar-refractivity contribution in [3.63, 3.8) is 0 Å². The number of hydrogen-bond donors (Lipinski definition) is 0. The van der Waals surface area contributed by atoms with Crippen molar-refractivity contribution in [2.75, 3.05) is 9.80 Å². The second-order valence-electron chi connectivity index (χ2n) is 11.5. The van der Waals surface area contributed by atoms with Crippen LogP contribution in [0.25, 0.3) is 22.3 Å². The molecule has 41 heavy (non-hydrogen) atoms. The van der Waals surface area contributed by atoms with Gasteiger partial charge in [0.2, 0.25) is 0 Å². The van der Waals surface area contributed by atoms with E-state index in [4.69, 9.17) is 0 Å². The Morgan fingerprint density at radius 1 is 0.390 bits per heavy atom. The molecule has 2 heteroatoms. The van der Waals surface area contributed by atoms with E-state index in [2.05, 4.69) is 169 Å². The largest absolute Gasteiger partial charge is 0.306 e. The molecule has 0 fully saturated rings. The fourth-order valence-corrected chi connectivity index (χ4v) is 6.71. The summed E-state index contributed by atoms with van der Waals surface area (Å²) in [6.07, 6.45) is 0. The van der Waals surface area contributed by atoms with E-state index in [9.17, 15) is 0 Å². The smallest absolute Gasteiger partial charge is 0.0744 e. The summed E-state index contributed by atoms with van der Waals surface area (Å²) < 4.78 is 0. The minimum Gasteiger partial charge on any atom is -0.306 e. The molecule has 0 N–H and O–H groups in total. The van der Waals surface area contributed by atoms with Crippen LogP contribution in [0.15, 0.2) is 146 Å². The lowest BCUT2D eigenvalue weighted by atomic mass is 9.72. The van der Waals surface area contributed by atoms with Gasteiger partial charge in [0.25, 0.3) is 0 Å². The van der Waals surface area contributed by atoms with Gasteiger partial charge in [0.15, 0.2) is 0 Å². The van der Waals surface area contributed by atoms with Crippen molar-refractivity contribution < 1.29 is 0 Å². The zero-order valence-electron chi connectivity index (χ0n) is 23.3. The molecule has 0 amide bonds. The first-order chi connectivity index (χ1) is 20.1. The van der Waals surface area contributed by atoms with E-state index in [-0.39, 0.29) is 5.41 Å². The number of nitrogens with zero attached hydrogens (tertiary/aromatic N) is 2. The van der Waals surface area contributed by atoms with Crippen LogP contribution in [0.1, 0.15) is 25.0 Å². The fourth-order valence-electron chi connectivity index (χ4n) is 6.71. The van der Waals surface area contributed by atoms with Crippen LogP contribution in [-0.4, -0.2) is 0 Å². The van der Waals surface area contributed by atoms with Crippen molar-refractivity contribution >= 4 is 34.1 Å². The van der Waals surface area contributed by atoms with Crippen molar-refractivity contribution in [3.8, 4) is 22.3 Å². The van der Waals surface area contributed by atoms with Crippen LogP contribution in [0.2, 0.25) is 0 Å². The van der Waals surface area contributed by atoms with E-state index < -0.39 is 0 Å². The van der Waals surface area contributed by atoms with E-state index in [1.165, 1.54) is 67.5 Å². The molecule has 2 aliphatic heterocycles. The Morgan fingerprint density at radius 3 is 1.71 bits per heavy atom. The SMILES string of the molecule is CC1(C)c2ccccc2N2c3cc(-c4ccc(-c5ccccc5)cc4)ccc3N(c3ccccc3)c3cccc1c32. The Morgan fingerprint density at radius 2 is 0.951 bits per heavy atom. The van der Waals surface area contributed by atoms with Gasteiger partial charge in [-0.3, -0.25) is 0 Å². The molecule has 2 nitrogen and oxygen atoms in total. The summed E-state index contributed by atoms with van der Waals surface area (Å²) in [6, 6.07) is 52.9. The predicted molar refractivity (Wildman–Crippen MR) is 172 cm³/mol. The Bertz CT molecular complexity index is 1900. The Kier molecular flexibility index (Phi) is 5.20. The lowest BCUT2D eigenvalue weighted by molar-refractivity contribution is 0.631. The zero-order chi connectivity index (χ0) is 27.6. The van der Waals surface area contributed by atoms with Crippen LogP contribution in [-0.2, 0) is 5.41 Å². The second-order valence-corrected chi connectivity index (χ2v) is 11.5. The lowest BCUT2D eigenvalue weighted by Gasteiger charge is -2.48. The summed E-state index contributed by atoms with van der Waals surface area (Å²) >= 11 is 0. The van der Waals surface area contributed by atoms with Crippen LogP contribution in [0, 0.1) is 0 Å². The quantitative estimate of drug-likeness (QED) is 0.226. The van der Waals surface area contributed by atoms with Crippen molar-refractivity contribution in [2.45, 2.75) is 19.3 Å². The third-order valence-electron chi connectivity index (χ3n) is 8.77. The van der Waals surface area contributed by atoms with Gasteiger partial charge in [-0.25, -0.2) is 0 Å². The maximum atomic E-state index is 2.50. The van der Waals surface area contributed by atoms with Crippen LogP contribution >= 0.6 is 0 Å². The fraction of sp³-hybridized carbons (Fsp3) is 0.0769. The van der Waals surface area contributed by atoms with E-state index in [1.54, 1.807) is 0 Å². The number of anilines is 6. The molecule has 2 aliphatic rings. The summed E-state index contributed by atoms with van der Waals surface area (Å²) in [5, 5.41) is 0. The number of benzene rings is 6. The van der Waals surface area contributed by atoms with Gasteiger partial charge >= 0.3 is 0 Å².